The molecule has 0 radical (unpaired) electrons. The van der Waals surface area contributed by atoms with Gasteiger partial charge in [-0.15, -0.1) is 0 Å². The van der Waals surface area contributed by atoms with Crippen LogP contribution in [0.2, 0.25) is 0 Å². The van der Waals surface area contributed by atoms with Gasteiger partial charge < -0.3 is 19.5 Å². The molecule has 3 aliphatic carbocycles. The standard InChI is InChI=1S/C30H35NO5/c1-30-12-11-23-22-8-6-21(34-2)14-19(22)4-7-24(23)29(30)20(15-27(30)32)5-10-28(33)31-16-18-3-9-25-26(13-18)36-17-35-25/h3,6,8-9,13-14,20,23-24,29H,4-5,7,10-12,15-17H2,1-2H3,(H,31,33)/t20?,23-,24?,29+,30?/m1/s1. The van der Waals surface area contributed by atoms with Crippen molar-refractivity contribution in [3.63, 3.8) is 0 Å². The van der Waals surface area contributed by atoms with E-state index in [0.717, 1.165) is 54.9 Å². The number of carbonyl (C=O) groups excluding carboxylic acids is 2. The van der Waals surface area contributed by atoms with E-state index in [-0.39, 0.29) is 24.0 Å². The molecule has 190 valence electrons. The summed E-state index contributed by atoms with van der Waals surface area (Å²) in [6, 6.07) is 12.3. The fourth-order valence-electron chi connectivity index (χ4n) is 7.67. The zero-order valence-corrected chi connectivity index (χ0v) is 21.2. The normalized spacial score (nSPS) is 29.8. The molecule has 0 spiro atoms. The Bertz CT molecular complexity index is 1190. The van der Waals surface area contributed by atoms with E-state index >= 15 is 0 Å². The Kier molecular flexibility index (Phi) is 5.93. The van der Waals surface area contributed by atoms with E-state index in [9.17, 15) is 9.59 Å². The molecule has 0 saturated heterocycles. The van der Waals surface area contributed by atoms with E-state index in [1.807, 2.05) is 18.2 Å². The van der Waals surface area contributed by atoms with Crippen molar-refractivity contribution in [1.29, 1.82) is 0 Å². The lowest BCUT2D eigenvalue weighted by molar-refractivity contribution is -0.129. The number of benzene rings is 2. The third-order valence-electron chi connectivity index (χ3n) is 9.45. The molecular weight excluding hydrogens is 454 g/mol. The summed E-state index contributed by atoms with van der Waals surface area (Å²) in [7, 11) is 1.72. The molecule has 6 heteroatoms. The third kappa shape index (κ3) is 3.95. The Labute approximate surface area is 212 Å². The Morgan fingerprint density at radius 3 is 2.86 bits per heavy atom. The highest BCUT2D eigenvalue weighted by molar-refractivity contribution is 5.88. The zero-order chi connectivity index (χ0) is 24.9. The van der Waals surface area contributed by atoms with E-state index in [2.05, 4.69) is 30.4 Å². The van der Waals surface area contributed by atoms with Gasteiger partial charge in [0.05, 0.1) is 7.11 Å². The molecule has 36 heavy (non-hydrogen) atoms. The lowest BCUT2D eigenvalue weighted by atomic mass is 9.54. The van der Waals surface area contributed by atoms with Crippen molar-refractivity contribution in [3.05, 3.63) is 53.1 Å². The number of methoxy groups -OCH3 is 1. The van der Waals surface area contributed by atoms with Gasteiger partial charge in [-0.25, -0.2) is 0 Å². The number of ketones is 1. The molecule has 2 aromatic rings. The van der Waals surface area contributed by atoms with Crippen LogP contribution in [0.25, 0.3) is 0 Å². The smallest absolute Gasteiger partial charge is 0.231 e. The van der Waals surface area contributed by atoms with E-state index in [0.29, 0.717) is 42.9 Å². The summed E-state index contributed by atoms with van der Waals surface area (Å²) in [5, 5.41) is 3.05. The minimum atomic E-state index is -0.237. The second-order valence-corrected chi connectivity index (χ2v) is 11.2. The van der Waals surface area contributed by atoms with E-state index in [1.165, 1.54) is 11.1 Å². The van der Waals surface area contributed by atoms with Gasteiger partial charge in [-0.05, 0) is 96.7 Å². The van der Waals surface area contributed by atoms with Crippen molar-refractivity contribution < 1.29 is 23.8 Å². The van der Waals surface area contributed by atoms with E-state index < -0.39 is 0 Å². The molecule has 2 fully saturated rings. The quantitative estimate of drug-likeness (QED) is 0.606. The fraction of sp³-hybridized carbons (Fsp3) is 0.533. The molecule has 2 aromatic carbocycles. The molecule has 5 atom stereocenters. The average molecular weight is 490 g/mol. The molecule has 6 rings (SSSR count). The Morgan fingerprint density at radius 2 is 2.00 bits per heavy atom. The van der Waals surface area contributed by atoms with E-state index in [1.54, 1.807) is 7.11 Å². The maximum atomic E-state index is 13.3. The van der Waals surface area contributed by atoms with Gasteiger partial charge in [0, 0.05) is 24.8 Å². The molecule has 1 N–H and O–H groups in total. The summed E-state index contributed by atoms with van der Waals surface area (Å²) in [5.74, 6) is 4.52. The van der Waals surface area contributed by atoms with Gasteiger partial charge in [-0.1, -0.05) is 19.1 Å². The van der Waals surface area contributed by atoms with Crippen LogP contribution in [0.4, 0.5) is 0 Å². The van der Waals surface area contributed by atoms with Gasteiger partial charge in [-0.2, -0.15) is 0 Å². The highest BCUT2D eigenvalue weighted by atomic mass is 16.7. The van der Waals surface area contributed by atoms with Crippen LogP contribution in [0.1, 0.15) is 68.1 Å². The van der Waals surface area contributed by atoms with Crippen molar-refractivity contribution in [2.24, 2.45) is 23.2 Å². The van der Waals surface area contributed by atoms with Crippen molar-refractivity contribution in [2.75, 3.05) is 13.9 Å². The van der Waals surface area contributed by atoms with Crippen LogP contribution in [-0.4, -0.2) is 25.6 Å². The largest absolute Gasteiger partial charge is 0.497 e. The molecule has 0 aromatic heterocycles. The first-order chi connectivity index (χ1) is 17.5. The minimum Gasteiger partial charge on any atom is -0.497 e. The predicted octanol–water partition coefficient (Wildman–Crippen LogP) is 5.17. The second-order valence-electron chi connectivity index (χ2n) is 11.2. The van der Waals surface area contributed by atoms with Gasteiger partial charge in [0.15, 0.2) is 11.5 Å². The third-order valence-corrected chi connectivity index (χ3v) is 9.45. The maximum absolute atomic E-state index is 13.3. The Balaban J connectivity index is 1.12. The number of carbonyl (C=O) groups is 2. The summed E-state index contributed by atoms with van der Waals surface area (Å²) in [6.45, 7) is 2.91. The maximum Gasteiger partial charge on any atom is 0.231 e. The van der Waals surface area contributed by atoms with Gasteiger partial charge in [0.1, 0.15) is 11.5 Å². The molecule has 6 nitrogen and oxygen atoms in total. The van der Waals surface area contributed by atoms with Crippen LogP contribution in [0.3, 0.4) is 0 Å². The SMILES string of the molecule is COc1ccc2c(c1)CCC1[C@@H]3C(CCC(=O)NCc4ccc5c(c4)OCO5)CC(=O)C3(C)CC[C@H]21. The Morgan fingerprint density at radius 1 is 1.14 bits per heavy atom. The number of aryl methyl sites for hydroxylation is 1. The highest BCUT2D eigenvalue weighted by Crippen LogP contribution is 2.62. The topological polar surface area (TPSA) is 73.9 Å². The van der Waals surface area contributed by atoms with Crippen LogP contribution in [0.15, 0.2) is 36.4 Å². The summed E-state index contributed by atoms with van der Waals surface area (Å²) in [5.41, 5.74) is 3.61. The van der Waals surface area contributed by atoms with Gasteiger partial charge in [-0.3, -0.25) is 9.59 Å². The lowest BCUT2D eigenvalue weighted by Gasteiger charge is -2.50. The molecule has 1 amide bonds. The predicted molar refractivity (Wildman–Crippen MR) is 135 cm³/mol. The number of fused-ring (bicyclic) bond motifs is 6. The van der Waals surface area contributed by atoms with Crippen molar-refractivity contribution in [3.8, 4) is 17.2 Å². The van der Waals surface area contributed by atoms with Crippen molar-refractivity contribution in [2.45, 2.75) is 64.3 Å². The number of amides is 1. The Hall–Kier alpha value is -3.02. The van der Waals surface area contributed by atoms with Crippen molar-refractivity contribution in [1.82, 2.24) is 5.32 Å². The van der Waals surface area contributed by atoms with Gasteiger partial charge in [0.2, 0.25) is 12.7 Å². The number of hydrogen-bond donors (Lipinski definition) is 1. The second kappa shape index (κ2) is 9.13. The number of hydrogen-bond acceptors (Lipinski definition) is 5. The van der Waals surface area contributed by atoms with Crippen LogP contribution in [0, 0.1) is 23.2 Å². The van der Waals surface area contributed by atoms with Gasteiger partial charge >= 0.3 is 0 Å². The van der Waals surface area contributed by atoms with Crippen LogP contribution in [0.5, 0.6) is 17.2 Å². The number of ether oxygens (including phenoxy) is 3. The molecule has 1 heterocycles. The van der Waals surface area contributed by atoms with Crippen LogP contribution >= 0.6 is 0 Å². The van der Waals surface area contributed by atoms with Gasteiger partial charge in [0.25, 0.3) is 0 Å². The molecule has 3 unspecified atom stereocenters. The minimum absolute atomic E-state index is 0.0437. The first-order valence-electron chi connectivity index (χ1n) is 13.3. The monoisotopic (exact) mass is 489 g/mol. The lowest BCUT2D eigenvalue weighted by Crippen LogP contribution is -2.44. The van der Waals surface area contributed by atoms with E-state index in [4.69, 9.17) is 14.2 Å². The highest BCUT2D eigenvalue weighted by Gasteiger charge is 2.58. The molecular formula is C30H35NO5. The summed E-state index contributed by atoms with van der Waals surface area (Å²) < 4.78 is 16.3. The zero-order valence-electron chi connectivity index (χ0n) is 21.2. The van der Waals surface area contributed by atoms with Crippen molar-refractivity contribution >= 4 is 11.7 Å². The van der Waals surface area contributed by atoms with Crippen LogP contribution < -0.4 is 19.5 Å². The summed E-state index contributed by atoms with van der Waals surface area (Å²) >= 11 is 0. The number of rotatable bonds is 6. The first kappa shape index (κ1) is 23.4. The molecule has 1 aliphatic heterocycles. The average Bonchev–Trinajstić information content (AvgIpc) is 3.47. The molecule has 2 saturated carbocycles. The van der Waals surface area contributed by atoms with Crippen LogP contribution in [-0.2, 0) is 22.6 Å². The number of Topliss-reactive ketones (excluding diaryl/α,β-unsaturated/α-hetero) is 1. The fourth-order valence-corrected chi connectivity index (χ4v) is 7.67. The molecule has 0 bridgehead atoms. The number of nitrogens with one attached hydrogen (secondary N) is 1. The summed E-state index contributed by atoms with van der Waals surface area (Å²) in [4.78, 5) is 26.0. The molecule has 4 aliphatic rings. The first-order valence-corrected chi connectivity index (χ1v) is 13.3. The summed E-state index contributed by atoms with van der Waals surface area (Å²) in [6.07, 6.45) is 6.04.